The van der Waals surface area contributed by atoms with Gasteiger partial charge < -0.3 is 21.3 Å². The summed E-state index contributed by atoms with van der Waals surface area (Å²) >= 11 is 0. The molecule has 0 aliphatic rings. The van der Waals surface area contributed by atoms with Crippen molar-refractivity contribution in [2.75, 3.05) is 31.3 Å². The number of hydrogen-bond acceptors (Lipinski definition) is 4. The molecule has 8 heteroatoms. The molecule has 2 amide bonds. The lowest BCUT2D eigenvalue weighted by Gasteiger charge is -2.14. The molecule has 148 valence electrons. The highest BCUT2D eigenvalue weighted by molar-refractivity contribution is 5.96. The molecule has 0 spiro atoms. The van der Waals surface area contributed by atoms with Crippen LogP contribution in [0.4, 0.5) is 11.4 Å². The summed E-state index contributed by atoms with van der Waals surface area (Å²) in [5, 5.41) is 5.57. The van der Waals surface area contributed by atoms with Crippen LogP contribution in [0.2, 0.25) is 0 Å². The molecule has 0 aliphatic heterocycles. The number of nitrogens with two attached hydrogens (primary N) is 1. The van der Waals surface area contributed by atoms with Crippen molar-refractivity contribution < 1.29 is 9.59 Å². The third-order valence-corrected chi connectivity index (χ3v) is 3.61. The number of benzene rings is 2. The number of nitrogens with one attached hydrogen (secondary N) is 2. The lowest BCUT2D eigenvalue weighted by atomic mass is 10.1. The smallest absolute Gasteiger partial charge is 0.245 e. The fourth-order valence-electron chi connectivity index (χ4n) is 2.27. The third kappa shape index (κ3) is 7.97. The summed E-state index contributed by atoms with van der Waals surface area (Å²) in [6.45, 7) is 2.29. The first-order valence-electron chi connectivity index (χ1n) is 8.03. The van der Waals surface area contributed by atoms with E-state index < -0.39 is 6.04 Å². The Morgan fingerprint density at radius 2 is 1.41 bits per heavy atom. The molecule has 0 bridgehead atoms. The zero-order chi connectivity index (χ0) is 18.4. The van der Waals surface area contributed by atoms with Gasteiger partial charge in [0.05, 0.1) is 6.54 Å². The molecule has 0 aromatic heterocycles. The van der Waals surface area contributed by atoms with Crippen molar-refractivity contribution in [3.8, 4) is 0 Å². The monoisotopic (exact) mass is 412 g/mol. The van der Waals surface area contributed by atoms with Crippen LogP contribution in [0, 0.1) is 6.92 Å². The Morgan fingerprint density at radius 3 is 1.89 bits per heavy atom. The number of anilines is 2. The van der Waals surface area contributed by atoms with Crippen molar-refractivity contribution in [1.29, 1.82) is 0 Å². The molecule has 27 heavy (non-hydrogen) atoms. The minimum atomic E-state index is -0.736. The summed E-state index contributed by atoms with van der Waals surface area (Å²) in [6, 6.07) is 13.7. The summed E-state index contributed by atoms with van der Waals surface area (Å²) in [4.78, 5) is 25.8. The molecule has 2 aromatic rings. The second-order valence-corrected chi connectivity index (χ2v) is 6.24. The lowest BCUT2D eigenvalue weighted by Crippen LogP contribution is -2.28. The summed E-state index contributed by atoms with van der Waals surface area (Å²) in [7, 11) is 3.66. The number of hydrogen-bond donors (Lipinski definition) is 3. The first-order chi connectivity index (χ1) is 11.8. The van der Waals surface area contributed by atoms with Crippen molar-refractivity contribution >= 4 is 48.0 Å². The number of carbonyl (C=O) groups excluding carboxylic acids is 2. The molecule has 2 rings (SSSR count). The van der Waals surface area contributed by atoms with E-state index in [4.69, 9.17) is 5.73 Å². The van der Waals surface area contributed by atoms with E-state index in [9.17, 15) is 9.59 Å². The molecule has 0 radical (unpaired) electrons. The average Bonchev–Trinajstić information content (AvgIpc) is 2.56. The maximum absolute atomic E-state index is 12.3. The fourth-order valence-corrected chi connectivity index (χ4v) is 2.27. The van der Waals surface area contributed by atoms with Crippen molar-refractivity contribution in [2.24, 2.45) is 5.73 Å². The van der Waals surface area contributed by atoms with Crippen LogP contribution in [-0.4, -0.2) is 37.4 Å². The number of carbonyl (C=O) groups is 2. The molecule has 1 atom stereocenters. The molecular formula is C19H26Cl2N4O2. The van der Waals surface area contributed by atoms with Crippen LogP contribution in [0.15, 0.2) is 48.5 Å². The van der Waals surface area contributed by atoms with E-state index in [1.54, 1.807) is 29.2 Å². The summed E-state index contributed by atoms with van der Waals surface area (Å²) in [5.41, 5.74) is 9.18. The molecule has 4 N–H and O–H groups in total. The van der Waals surface area contributed by atoms with Crippen LogP contribution in [0.5, 0.6) is 0 Å². The molecule has 0 heterocycles. The molecule has 1 unspecified atom stereocenters. The molecule has 0 fully saturated rings. The van der Waals surface area contributed by atoms with Gasteiger partial charge in [0.15, 0.2) is 0 Å². The summed E-state index contributed by atoms with van der Waals surface area (Å²) < 4.78 is 0. The fraction of sp³-hybridized carbons (Fsp3) is 0.263. The summed E-state index contributed by atoms with van der Waals surface area (Å²) in [6.07, 6.45) is 0. The molecule has 0 aliphatic carbocycles. The van der Waals surface area contributed by atoms with Crippen LogP contribution < -0.4 is 16.4 Å². The number of aryl methyl sites for hydroxylation is 1. The minimum Gasteiger partial charge on any atom is -0.325 e. The number of likely N-dealkylation sites (N-methyl/N-ethyl adjacent to an activating group) is 1. The maximum Gasteiger partial charge on any atom is 0.245 e. The first-order valence-corrected chi connectivity index (χ1v) is 8.03. The van der Waals surface area contributed by atoms with E-state index >= 15 is 0 Å². The molecule has 2 aromatic carbocycles. The van der Waals surface area contributed by atoms with Gasteiger partial charge in [0.25, 0.3) is 0 Å². The van der Waals surface area contributed by atoms with Crippen molar-refractivity contribution in [3.63, 3.8) is 0 Å². The van der Waals surface area contributed by atoms with Gasteiger partial charge in [0.2, 0.25) is 11.8 Å². The zero-order valence-corrected chi connectivity index (χ0v) is 17.2. The van der Waals surface area contributed by atoms with Crippen LogP contribution in [0.3, 0.4) is 0 Å². The summed E-state index contributed by atoms with van der Waals surface area (Å²) in [5.74, 6) is -0.378. The topological polar surface area (TPSA) is 87.5 Å². The number of amides is 2. The van der Waals surface area contributed by atoms with Gasteiger partial charge in [-0.25, -0.2) is 0 Å². The normalized spacial score (nSPS) is 11.0. The Morgan fingerprint density at radius 1 is 0.926 bits per heavy atom. The molecule has 6 nitrogen and oxygen atoms in total. The lowest BCUT2D eigenvalue weighted by molar-refractivity contribution is -0.118. The van der Waals surface area contributed by atoms with E-state index in [1.807, 2.05) is 45.3 Å². The van der Waals surface area contributed by atoms with Gasteiger partial charge in [0.1, 0.15) is 6.04 Å². The van der Waals surface area contributed by atoms with Crippen LogP contribution in [-0.2, 0) is 9.59 Å². The number of halogens is 2. The van der Waals surface area contributed by atoms with Crippen molar-refractivity contribution in [1.82, 2.24) is 4.90 Å². The number of rotatable bonds is 6. The van der Waals surface area contributed by atoms with Gasteiger partial charge >= 0.3 is 0 Å². The van der Waals surface area contributed by atoms with Gasteiger partial charge in [-0.1, -0.05) is 29.8 Å². The van der Waals surface area contributed by atoms with Crippen molar-refractivity contribution in [3.05, 3.63) is 59.7 Å². The van der Waals surface area contributed by atoms with Gasteiger partial charge in [0, 0.05) is 11.4 Å². The van der Waals surface area contributed by atoms with E-state index in [1.165, 1.54) is 0 Å². The highest BCUT2D eigenvalue weighted by Crippen LogP contribution is 2.17. The highest BCUT2D eigenvalue weighted by atomic mass is 35.5. The van der Waals surface area contributed by atoms with E-state index in [0.717, 1.165) is 11.1 Å². The predicted molar refractivity (Wildman–Crippen MR) is 115 cm³/mol. The molecule has 0 saturated heterocycles. The second-order valence-electron chi connectivity index (χ2n) is 6.24. The van der Waals surface area contributed by atoms with E-state index in [0.29, 0.717) is 17.9 Å². The standard InChI is InChI=1S/C19H24N4O2.2ClH/c1-13-4-6-14(7-5-13)18(20)19(25)22-16-10-8-15(9-11-16)21-17(24)12-23(2)3;;/h4-11,18H,12,20H2,1-3H3,(H,21,24)(H,22,25);2*1H. The van der Waals surface area contributed by atoms with Crippen molar-refractivity contribution in [2.45, 2.75) is 13.0 Å². The minimum absolute atomic E-state index is 0. The van der Waals surface area contributed by atoms with E-state index in [-0.39, 0.29) is 36.6 Å². The SMILES string of the molecule is Cc1ccc(C(N)C(=O)Nc2ccc(NC(=O)CN(C)C)cc2)cc1.Cl.Cl. The Bertz CT molecular complexity index is 734. The van der Waals surface area contributed by atoms with Crippen LogP contribution in [0.25, 0.3) is 0 Å². The quantitative estimate of drug-likeness (QED) is 0.680. The van der Waals surface area contributed by atoms with Gasteiger partial charge in [-0.05, 0) is 50.8 Å². The molecule has 0 saturated carbocycles. The van der Waals surface area contributed by atoms with E-state index in [2.05, 4.69) is 10.6 Å². The van der Waals surface area contributed by atoms with Crippen LogP contribution in [0.1, 0.15) is 17.2 Å². The average molecular weight is 413 g/mol. The van der Waals surface area contributed by atoms with Gasteiger partial charge in [-0.3, -0.25) is 9.59 Å². The number of nitrogens with zero attached hydrogens (tertiary/aromatic N) is 1. The predicted octanol–water partition coefficient (Wildman–Crippen LogP) is 2.98. The highest BCUT2D eigenvalue weighted by Gasteiger charge is 2.15. The Labute approximate surface area is 172 Å². The largest absolute Gasteiger partial charge is 0.325 e. The van der Waals surface area contributed by atoms with Crippen LogP contribution >= 0.6 is 24.8 Å². The molecular weight excluding hydrogens is 387 g/mol. The second kappa shape index (κ2) is 11.6. The maximum atomic E-state index is 12.3. The Kier molecular flexibility index (Phi) is 10.7. The third-order valence-electron chi connectivity index (χ3n) is 3.61. The zero-order valence-electron chi connectivity index (χ0n) is 15.6. The van der Waals surface area contributed by atoms with Gasteiger partial charge in [-0.15, -0.1) is 24.8 Å². The van der Waals surface area contributed by atoms with Gasteiger partial charge in [-0.2, -0.15) is 0 Å². The first kappa shape index (κ1) is 24.9. The Hall–Kier alpha value is -2.12. The Balaban J connectivity index is 0.00000338.